The molecule has 0 spiro atoms. The molecule has 3 aromatic rings. The number of nitrogens with zero attached hydrogens (tertiary/aromatic N) is 2. The lowest BCUT2D eigenvalue weighted by Crippen LogP contribution is -2.18. The summed E-state index contributed by atoms with van der Waals surface area (Å²) in [6, 6.07) is 8.53. The molecule has 3 rings (SSSR count). The van der Waals surface area contributed by atoms with Gasteiger partial charge in [-0.05, 0) is 11.6 Å². The second-order valence-electron chi connectivity index (χ2n) is 4.89. The van der Waals surface area contributed by atoms with E-state index in [-0.39, 0.29) is 0 Å². The number of hydrogen-bond donors (Lipinski definition) is 1. The van der Waals surface area contributed by atoms with Crippen molar-refractivity contribution in [3.8, 4) is 0 Å². The highest BCUT2D eigenvalue weighted by atomic mass is 32.1. The molecule has 2 aromatic heterocycles. The largest absolute Gasteiger partial charge is 0.383 e. The van der Waals surface area contributed by atoms with E-state index in [1.165, 1.54) is 16.5 Å². The number of hydrogen-bond acceptors (Lipinski definition) is 4. The van der Waals surface area contributed by atoms with Crippen molar-refractivity contribution >= 4 is 22.2 Å². The fourth-order valence-electron chi connectivity index (χ4n) is 2.47. The molecular formula is C16H19N3OS. The maximum Gasteiger partial charge on any atom is 0.112 e. The number of fused-ring (bicyclic) bond motifs is 1. The van der Waals surface area contributed by atoms with E-state index >= 15 is 0 Å². The Morgan fingerprint density at radius 2 is 2.24 bits per heavy atom. The van der Waals surface area contributed by atoms with Gasteiger partial charge in [0.25, 0.3) is 0 Å². The van der Waals surface area contributed by atoms with Crippen LogP contribution in [0.2, 0.25) is 0 Å². The number of thiazole rings is 1. The second-order valence-corrected chi connectivity index (χ2v) is 5.87. The van der Waals surface area contributed by atoms with Crippen LogP contribution in [-0.4, -0.2) is 29.8 Å². The predicted octanol–water partition coefficient (Wildman–Crippen LogP) is 2.88. The molecule has 0 aliphatic rings. The zero-order valence-corrected chi connectivity index (χ0v) is 12.9. The molecule has 0 fully saturated rings. The summed E-state index contributed by atoms with van der Waals surface area (Å²) >= 11 is 1.70. The number of ether oxygens (including phenoxy) is 1. The van der Waals surface area contributed by atoms with Gasteiger partial charge >= 0.3 is 0 Å². The number of methoxy groups -OCH3 is 1. The number of para-hydroxylation sites is 1. The Balaban J connectivity index is 1.83. The number of aromatic nitrogens is 2. The van der Waals surface area contributed by atoms with Crippen molar-refractivity contribution in [2.75, 3.05) is 20.3 Å². The van der Waals surface area contributed by atoms with Crippen molar-refractivity contribution in [1.29, 1.82) is 0 Å². The Kier molecular flexibility index (Phi) is 4.65. The standard InChI is InChI=1S/C16H19N3OS/c1-20-8-6-17-10-13-11-19(12-16-18-7-9-21-16)15-5-3-2-4-14(13)15/h2-5,7,9,11,17H,6,8,10,12H2,1H3. The van der Waals surface area contributed by atoms with E-state index in [1.54, 1.807) is 18.4 Å². The van der Waals surface area contributed by atoms with Gasteiger partial charge in [-0.25, -0.2) is 4.98 Å². The van der Waals surface area contributed by atoms with Gasteiger partial charge in [-0.15, -0.1) is 11.3 Å². The van der Waals surface area contributed by atoms with Crippen LogP contribution in [0.5, 0.6) is 0 Å². The Bertz CT molecular complexity index is 691. The van der Waals surface area contributed by atoms with Crippen molar-refractivity contribution in [1.82, 2.24) is 14.9 Å². The minimum absolute atomic E-state index is 0.734. The fourth-order valence-corrected chi connectivity index (χ4v) is 3.08. The van der Waals surface area contributed by atoms with Gasteiger partial charge < -0.3 is 14.6 Å². The molecule has 0 aliphatic heterocycles. The first kappa shape index (κ1) is 14.3. The van der Waals surface area contributed by atoms with Crippen LogP contribution in [0, 0.1) is 0 Å². The van der Waals surface area contributed by atoms with Crippen LogP contribution >= 0.6 is 11.3 Å². The first-order chi connectivity index (χ1) is 10.4. The molecule has 1 aromatic carbocycles. The van der Waals surface area contributed by atoms with Crippen LogP contribution in [0.15, 0.2) is 42.0 Å². The van der Waals surface area contributed by atoms with Crippen LogP contribution in [-0.2, 0) is 17.8 Å². The minimum Gasteiger partial charge on any atom is -0.383 e. The van der Waals surface area contributed by atoms with Gasteiger partial charge in [-0.2, -0.15) is 0 Å². The van der Waals surface area contributed by atoms with Crippen LogP contribution < -0.4 is 5.32 Å². The summed E-state index contributed by atoms with van der Waals surface area (Å²) in [6.45, 7) is 3.28. The van der Waals surface area contributed by atoms with Crippen LogP contribution in [0.1, 0.15) is 10.6 Å². The summed E-state index contributed by atoms with van der Waals surface area (Å²) in [5.74, 6) is 0. The molecule has 110 valence electrons. The Labute approximate surface area is 128 Å². The second kappa shape index (κ2) is 6.85. The average Bonchev–Trinajstić information content (AvgIpc) is 3.13. The van der Waals surface area contributed by atoms with Crippen LogP contribution in [0.25, 0.3) is 10.9 Å². The molecule has 1 N–H and O–H groups in total. The first-order valence-corrected chi connectivity index (χ1v) is 7.91. The monoisotopic (exact) mass is 301 g/mol. The van der Waals surface area contributed by atoms with Gasteiger partial charge in [0, 0.05) is 48.9 Å². The molecular weight excluding hydrogens is 282 g/mol. The summed E-state index contributed by atoms with van der Waals surface area (Å²) in [4.78, 5) is 4.38. The zero-order valence-electron chi connectivity index (χ0n) is 12.1. The normalized spacial score (nSPS) is 11.3. The van der Waals surface area contributed by atoms with Crippen molar-refractivity contribution in [3.05, 3.63) is 52.6 Å². The van der Waals surface area contributed by atoms with E-state index in [1.807, 2.05) is 11.6 Å². The summed E-state index contributed by atoms with van der Waals surface area (Å²) < 4.78 is 7.35. The number of nitrogens with one attached hydrogen (secondary N) is 1. The molecule has 0 amide bonds. The summed E-state index contributed by atoms with van der Waals surface area (Å²) in [5.41, 5.74) is 2.58. The molecule has 0 unspecified atom stereocenters. The lowest BCUT2D eigenvalue weighted by molar-refractivity contribution is 0.199. The summed E-state index contributed by atoms with van der Waals surface area (Å²) in [5, 5.41) is 7.88. The highest BCUT2D eigenvalue weighted by Crippen LogP contribution is 2.22. The molecule has 0 saturated heterocycles. The molecule has 0 bridgehead atoms. The maximum atomic E-state index is 5.07. The van der Waals surface area contributed by atoms with Crippen LogP contribution in [0.3, 0.4) is 0 Å². The van der Waals surface area contributed by atoms with E-state index in [9.17, 15) is 0 Å². The zero-order chi connectivity index (χ0) is 14.5. The van der Waals surface area contributed by atoms with E-state index in [4.69, 9.17) is 4.74 Å². The summed E-state index contributed by atoms with van der Waals surface area (Å²) in [7, 11) is 1.72. The van der Waals surface area contributed by atoms with E-state index in [2.05, 4.69) is 45.3 Å². The molecule has 0 radical (unpaired) electrons. The predicted molar refractivity (Wildman–Crippen MR) is 86.7 cm³/mol. The number of benzene rings is 1. The Morgan fingerprint density at radius 1 is 1.33 bits per heavy atom. The quantitative estimate of drug-likeness (QED) is 0.682. The van der Waals surface area contributed by atoms with Gasteiger partial charge in [0.1, 0.15) is 5.01 Å². The molecule has 2 heterocycles. The third kappa shape index (κ3) is 3.32. The Hall–Kier alpha value is -1.69. The van der Waals surface area contributed by atoms with Crippen molar-refractivity contribution < 1.29 is 4.74 Å². The molecule has 21 heavy (non-hydrogen) atoms. The highest BCUT2D eigenvalue weighted by molar-refractivity contribution is 7.09. The third-order valence-electron chi connectivity index (χ3n) is 3.46. The smallest absolute Gasteiger partial charge is 0.112 e. The van der Waals surface area contributed by atoms with Crippen molar-refractivity contribution in [2.45, 2.75) is 13.1 Å². The topological polar surface area (TPSA) is 39.1 Å². The molecule has 0 aliphatic carbocycles. The highest BCUT2D eigenvalue weighted by Gasteiger charge is 2.08. The molecule has 0 saturated carbocycles. The van der Waals surface area contributed by atoms with Crippen LogP contribution in [0.4, 0.5) is 0 Å². The minimum atomic E-state index is 0.734. The lowest BCUT2D eigenvalue weighted by Gasteiger charge is -2.02. The first-order valence-electron chi connectivity index (χ1n) is 7.03. The van der Waals surface area contributed by atoms with E-state index < -0.39 is 0 Å². The van der Waals surface area contributed by atoms with Gasteiger partial charge in [-0.1, -0.05) is 18.2 Å². The average molecular weight is 301 g/mol. The third-order valence-corrected chi connectivity index (χ3v) is 4.22. The van der Waals surface area contributed by atoms with Crippen molar-refractivity contribution in [2.24, 2.45) is 0 Å². The Morgan fingerprint density at radius 3 is 3.05 bits per heavy atom. The van der Waals surface area contributed by atoms with Gasteiger partial charge in [0.15, 0.2) is 0 Å². The SMILES string of the molecule is COCCNCc1cn(Cc2nccs2)c2ccccc12. The number of rotatable bonds is 7. The van der Waals surface area contributed by atoms with Gasteiger partial charge in [-0.3, -0.25) is 0 Å². The van der Waals surface area contributed by atoms with Gasteiger partial charge in [0.05, 0.1) is 13.2 Å². The maximum absolute atomic E-state index is 5.07. The molecule has 0 atom stereocenters. The van der Waals surface area contributed by atoms with Crippen molar-refractivity contribution in [3.63, 3.8) is 0 Å². The fraction of sp³-hybridized carbons (Fsp3) is 0.312. The molecule has 4 nitrogen and oxygen atoms in total. The molecule has 5 heteroatoms. The lowest BCUT2D eigenvalue weighted by atomic mass is 10.2. The summed E-state index contributed by atoms with van der Waals surface area (Å²) in [6.07, 6.45) is 4.09. The van der Waals surface area contributed by atoms with Gasteiger partial charge in [0.2, 0.25) is 0 Å². The van der Waals surface area contributed by atoms with E-state index in [0.717, 1.165) is 31.2 Å². The van der Waals surface area contributed by atoms with E-state index in [0.29, 0.717) is 0 Å².